The van der Waals surface area contributed by atoms with Gasteiger partial charge >= 0.3 is 0 Å². The van der Waals surface area contributed by atoms with Crippen molar-refractivity contribution in [2.24, 2.45) is 0 Å². The monoisotopic (exact) mass is 480 g/mol. The van der Waals surface area contributed by atoms with E-state index >= 15 is 0 Å². The van der Waals surface area contributed by atoms with Gasteiger partial charge in [-0.25, -0.2) is 0 Å². The van der Waals surface area contributed by atoms with E-state index in [9.17, 15) is 4.79 Å². The molecule has 4 rings (SSSR count). The van der Waals surface area contributed by atoms with Crippen molar-refractivity contribution in [3.63, 3.8) is 0 Å². The Hall–Kier alpha value is -3.39. The van der Waals surface area contributed by atoms with Crippen molar-refractivity contribution in [3.8, 4) is 5.75 Å². The average molecular weight is 481 g/mol. The number of aromatic nitrogens is 3. The van der Waals surface area contributed by atoms with Crippen molar-refractivity contribution < 1.29 is 14.1 Å². The van der Waals surface area contributed by atoms with Crippen LogP contribution in [0.1, 0.15) is 32.9 Å². The van der Waals surface area contributed by atoms with Gasteiger partial charge in [0.15, 0.2) is 5.69 Å². The first-order valence-electron chi connectivity index (χ1n) is 9.71. The van der Waals surface area contributed by atoms with Gasteiger partial charge in [-0.2, -0.15) is 5.10 Å². The number of benzene rings is 2. The van der Waals surface area contributed by atoms with E-state index in [4.69, 9.17) is 9.26 Å². The van der Waals surface area contributed by atoms with E-state index in [2.05, 4.69) is 31.5 Å². The third kappa shape index (κ3) is 5.03. The zero-order valence-corrected chi connectivity index (χ0v) is 18.7. The second kappa shape index (κ2) is 9.18. The maximum absolute atomic E-state index is 12.8. The first-order chi connectivity index (χ1) is 15.0. The van der Waals surface area contributed by atoms with E-state index in [0.717, 1.165) is 21.3 Å². The minimum absolute atomic E-state index is 0.186. The highest BCUT2D eigenvalue weighted by Crippen LogP contribution is 2.21. The van der Waals surface area contributed by atoms with E-state index in [0.29, 0.717) is 23.6 Å². The number of halogens is 1. The first kappa shape index (κ1) is 20.9. The highest BCUT2D eigenvalue weighted by atomic mass is 79.9. The molecule has 7 nitrogen and oxygen atoms in total. The smallest absolute Gasteiger partial charge is 0.278 e. The minimum Gasteiger partial charge on any atom is -0.488 e. The Morgan fingerprint density at radius 1 is 1.16 bits per heavy atom. The molecule has 2 aromatic heterocycles. The molecule has 0 unspecified atom stereocenters. The van der Waals surface area contributed by atoms with Gasteiger partial charge in [0.1, 0.15) is 18.1 Å². The zero-order chi connectivity index (χ0) is 21.8. The Morgan fingerprint density at radius 3 is 2.71 bits per heavy atom. The predicted octanol–water partition coefficient (Wildman–Crippen LogP) is 5.13. The predicted molar refractivity (Wildman–Crippen MR) is 120 cm³/mol. The van der Waals surface area contributed by atoms with E-state index in [-0.39, 0.29) is 18.2 Å². The summed E-state index contributed by atoms with van der Waals surface area (Å²) < 4.78 is 13.9. The molecule has 2 heterocycles. The van der Waals surface area contributed by atoms with Crippen LogP contribution >= 0.6 is 15.9 Å². The van der Waals surface area contributed by atoms with Crippen molar-refractivity contribution >= 4 is 27.5 Å². The van der Waals surface area contributed by atoms with Crippen molar-refractivity contribution in [2.45, 2.75) is 27.0 Å². The summed E-state index contributed by atoms with van der Waals surface area (Å²) in [6.07, 6.45) is 3.38. The Morgan fingerprint density at radius 2 is 1.94 bits per heavy atom. The molecule has 0 aliphatic carbocycles. The van der Waals surface area contributed by atoms with Gasteiger partial charge in [-0.1, -0.05) is 51.4 Å². The lowest BCUT2D eigenvalue weighted by molar-refractivity contribution is 0.101. The van der Waals surface area contributed by atoms with Gasteiger partial charge in [0.05, 0.1) is 24.0 Å². The number of hydrogen-bond acceptors (Lipinski definition) is 5. The number of para-hydroxylation sites is 1. The van der Waals surface area contributed by atoms with E-state index in [1.165, 1.54) is 0 Å². The fraction of sp³-hybridized carbons (Fsp3) is 0.174. The average Bonchev–Trinajstić information content (AvgIpc) is 3.35. The number of ether oxygens (including phenoxy) is 1. The summed E-state index contributed by atoms with van der Waals surface area (Å²) in [5, 5.41) is 11.1. The van der Waals surface area contributed by atoms with Gasteiger partial charge in [-0.15, -0.1) is 0 Å². The SMILES string of the molecule is Cc1ccccc1OCc1c(C(=O)Nc2cnn(Cc3ccc(Br)cc3)c2)noc1C. The molecule has 1 amide bonds. The topological polar surface area (TPSA) is 82.2 Å². The van der Waals surface area contributed by atoms with E-state index < -0.39 is 0 Å². The van der Waals surface area contributed by atoms with Crippen LogP contribution in [0.2, 0.25) is 0 Å². The van der Waals surface area contributed by atoms with Crippen LogP contribution in [0.3, 0.4) is 0 Å². The summed E-state index contributed by atoms with van der Waals surface area (Å²) in [6.45, 7) is 4.51. The van der Waals surface area contributed by atoms with Crippen LogP contribution in [0.15, 0.2) is 69.9 Å². The lowest BCUT2D eigenvalue weighted by Gasteiger charge is -2.09. The molecule has 8 heteroatoms. The molecule has 0 bridgehead atoms. The molecule has 0 aliphatic rings. The Kier molecular flexibility index (Phi) is 6.18. The first-order valence-corrected chi connectivity index (χ1v) is 10.5. The number of hydrogen-bond donors (Lipinski definition) is 1. The van der Waals surface area contributed by atoms with Crippen molar-refractivity contribution in [2.75, 3.05) is 5.32 Å². The fourth-order valence-electron chi connectivity index (χ4n) is 3.09. The van der Waals surface area contributed by atoms with Crippen molar-refractivity contribution in [3.05, 3.63) is 93.5 Å². The molecule has 31 heavy (non-hydrogen) atoms. The largest absolute Gasteiger partial charge is 0.488 e. The Labute approximate surface area is 188 Å². The van der Waals surface area contributed by atoms with Crippen LogP contribution in [-0.2, 0) is 13.2 Å². The molecule has 0 fully saturated rings. The second-order valence-electron chi connectivity index (χ2n) is 7.13. The Bertz CT molecular complexity index is 1200. The van der Waals surface area contributed by atoms with Gasteiger partial charge in [0, 0.05) is 10.7 Å². The van der Waals surface area contributed by atoms with Gasteiger partial charge in [-0.3, -0.25) is 9.48 Å². The quantitative estimate of drug-likeness (QED) is 0.396. The molecule has 0 saturated carbocycles. The summed E-state index contributed by atoms with van der Waals surface area (Å²) in [5.41, 5.74) is 3.51. The molecule has 0 saturated heterocycles. The van der Waals surface area contributed by atoms with Crippen molar-refractivity contribution in [1.29, 1.82) is 0 Å². The van der Waals surface area contributed by atoms with Crippen LogP contribution in [-0.4, -0.2) is 20.8 Å². The molecule has 0 spiro atoms. The summed E-state index contributed by atoms with van der Waals surface area (Å²) in [5.74, 6) is 0.928. The number of rotatable bonds is 7. The molecular weight excluding hydrogens is 460 g/mol. The van der Waals surface area contributed by atoms with Gasteiger partial charge in [-0.05, 0) is 43.2 Å². The summed E-state index contributed by atoms with van der Waals surface area (Å²) in [6, 6.07) is 15.7. The third-order valence-corrected chi connectivity index (χ3v) is 5.34. The molecule has 1 N–H and O–H groups in total. The van der Waals surface area contributed by atoms with Crippen molar-refractivity contribution in [1.82, 2.24) is 14.9 Å². The number of nitrogens with one attached hydrogen (secondary N) is 1. The van der Waals surface area contributed by atoms with Gasteiger partial charge < -0.3 is 14.6 Å². The van der Waals surface area contributed by atoms with E-state index in [1.807, 2.05) is 55.5 Å². The van der Waals surface area contributed by atoms with Crippen LogP contribution in [0, 0.1) is 13.8 Å². The highest BCUT2D eigenvalue weighted by Gasteiger charge is 2.21. The molecule has 158 valence electrons. The van der Waals surface area contributed by atoms with Crippen LogP contribution in [0.5, 0.6) is 5.75 Å². The summed E-state index contributed by atoms with van der Waals surface area (Å²) in [7, 11) is 0. The van der Waals surface area contributed by atoms with Crippen LogP contribution in [0.4, 0.5) is 5.69 Å². The Balaban J connectivity index is 1.43. The molecule has 0 radical (unpaired) electrons. The molecule has 0 atom stereocenters. The number of carbonyl (C=O) groups excluding carboxylic acids is 1. The summed E-state index contributed by atoms with van der Waals surface area (Å²) >= 11 is 3.43. The lowest BCUT2D eigenvalue weighted by atomic mass is 10.2. The van der Waals surface area contributed by atoms with Gasteiger partial charge in [0.2, 0.25) is 0 Å². The molecule has 4 aromatic rings. The molecule has 0 aliphatic heterocycles. The highest BCUT2D eigenvalue weighted by molar-refractivity contribution is 9.10. The normalized spacial score (nSPS) is 10.8. The molecule has 2 aromatic carbocycles. The third-order valence-electron chi connectivity index (χ3n) is 4.81. The van der Waals surface area contributed by atoms with E-state index in [1.54, 1.807) is 24.0 Å². The maximum atomic E-state index is 12.8. The fourth-order valence-corrected chi connectivity index (χ4v) is 3.35. The second-order valence-corrected chi connectivity index (χ2v) is 8.04. The maximum Gasteiger partial charge on any atom is 0.278 e. The molecular formula is C23H21BrN4O3. The number of carbonyl (C=O) groups is 1. The summed E-state index contributed by atoms with van der Waals surface area (Å²) in [4.78, 5) is 12.8. The number of anilines is 1. The van der Waals surface area contributed by atoms with Crippen LogP contribution in [0.25, 0.3) is 0 Å². The zero-order valence-electron chi connectivity index (χ0n) is 17.1. The number of amides is 1. The standard InChI is InChI=1S/C23H21BrN4O3/c1-15-5-3-4-6-21(15)30-14-20-16(2)31-27-22(20)23(29)26-19-11-25-28(13-19)12-17-7-9-18(24)10-8-17/h3-11,13H,12,14H2,1-2H3,(H,26,29). The lowest BCUT2D eigenvalue weighted by Crippen LogP contribution is -2.15. The minimum atomic E-state index is -0.372. The number of aryl methyl sites for hydroxylation is 2. The van der Waals surface area contributed by atoms with Crippen LogP contribution < -0.4 is 10.1 Å². The number of nitrogens with zero attached hydrogens (tertiary/aromatic N) is 3. The van der Waals surface area contributed by atoms with Gasteiger partial charge in [0.25, 0.3) is 5.91 Å².